The average molecular weight is 384 g/mol. The minimum atomic E-state index is -0.0204. The molecule has 1 amide bonds. The fraction of sp³-hybridized carbons (Fsp3) is 0.364. The number of rotatable bonds is 8. The van der Waals surface area contributed by atoms with E-state index in [-0.39, 0.29) is 5.91 Å². The molecule has 0 saturated carbocycles. The first-order valence-corrected chi connectivity index (χ1v) is 9.86. The zero-order chi connectivity index (χ0) is 19.2. The fourth-order valence-corrected chi connectivity index (χ4v) is 3.35. The van der Waals surface area contributed by atoms with Crippen LogP contribution in [0.5, 0.6) is 0 Å². The normalized spacial score (nSPS) is 11.3. The van der Waals surface area contributed by atoms with E-state index in [4.69, 9.17) is 16.6 Å². The van der Waals surface area contributed by atoms with Crippen molar-refractivity contribution in [3.8, 4) is 0 Å². The molecule has 1 N–H and O–H groups in total. The van der Waals surface area contributed by atoms with Gasteiger partial charge in [0.1, 0.15) is 5.82 Å². The third-order valence-corrected chi connectivity index (χ3v) is 5.01. The minimum Gasteiger partial charge on any atom is -0.355 e. The second kappa shape index (κ2) is 9.05. The molecule has 4 nitrogen and oxygen atoms in total. The van der Waals surface area contributed by atoms with Gasteiger partial charge in [-0.3, -0.25) is 4.79 Å². The number of carbonyl (C=O) groups excluding carboxylic acids is 1. The summed E-state index contributed by atoms with van der Waals surface area (Å²) in [4.78, 5) is 17.0. The van der Waals surface area contributed by atoms with E-state index < -0.39 is 0 Å². The van der Waals surface area contributed by atoms with Gasteiger partial charge in [0.25, 0.3) is 0 Å². The molecule has 0 fully saturated rings. The van der Waals surface area contributed by atoms with Crippen LogP contribution in [0, 0.1) is 5.92 Å². The quantitative estimate of drug-likeness (QED) is 0.616. The molecule has 1 heterocycles. The first-order chi connectivity index (χ1) is 13.0. The Labute approximate surface area is 165 Å². The van der Waals surface area contributed by atoms with E-state index >= 15 is 0 Å². The number of benzene rings is 2. The summed E-state index contributed by atoms with van der Waals surface area (Å²) < 4.78 is 2.29. The summed E-state index contributed by atoms with van der Waals surface area (Å²) in [6, 6.07) is 15.7. The van der Waals surface area contributed by atoms with E-state index in [9.17, 15) is 4.79 Å². The lowest BCUT2D eigenvalue weighted by Gasteiger charge is -2.11. The highest BCUT2D eigenvalue weighted by atomic mass is 35.5. The number of carbonyl (C=O) groups is 1. The summed E-state index contributed by atoms with van der Waals surface area (Å²) in [5, 5.41) is 3.62. The maximum Gasteiger partial charge on any atom is 0.224 e. The molecular formula is C22H26ClN3O. The van der Waals surface area contributed by atoms with Crippen molar-refractivity contribution in [1.29, 1.82) is 0 Å². The molecule has 0 aliphatic carbocycles. The third-order valence-electron chi connectivity index (χ3n) is 4.64. The summed E-state index contributed by atoms with van der Waals surface area (Å²) in [5.74, 6) is 1.64. The van der Waals surface area contributed by atoms with Crippen LogP contribution in [0.3, 0.4) is 0 Å². The smallest absolute Gasteiger partial charge is 0.224 e. The van der Waals surface area contributed by atoms with Crippen LogP contribution < -0.4 is 5.32 Å². The maximum absolute atomic E-state index is 12.2. The van der Waals surface area contributed by atoms with E-state index in [1.165, 1.54) is 0 Å². The van der Waals surface area contributed by atoms with Crippen LogP contribution in [0.4, 0.5) is 0 Å². The first-order valence-electron chi connectivity index (χ1n) is 9.49. The van der Waals surface area contributed by atoms with Gasteiger partial charge in [-0.1, -0.05) is 55.8 Å². The van der Waals surface area contributed by atoms with Crippen molar-refractivity contribution >= 4 is 28.5 Å². The van der Waals surface area contributed by atoms with Gasteiger partial charge in [0.05, 0.1) is 17.5 Å². The van der Waals surface area contributed by atoms with Crippen molar-refractivity contribution < 1.29 is 4.79 Å². The molecule has 2 aromatic carbocycles. The Morgan fingerprint density at radius 3 is 2.67 bits per heavy atom. The minimum absolute atomic E-state index is 0.0204. The van der Waals surface area contributed by atoms with Crippen molar-refractivity contribution in [2.75, 3.05) is 6.54 Å². The van der Waals surface area contributed by atoms with Crippen molar-refractivity contribution in [3.05, 3.63) is 64.9 Å². The monoisotopic (exact) mass is 383 g/mol. The molecule has 0 spiro atoms. The van der Waals surface area contributed by atoms with Crippen molar-refractivity contribution in [3.63, 3.8) is 0 Å². The predicted octanol–water partition coefficient (Wildman–Crippen LogP) is 4.64. The second-order valence-electron chi connectivity index (χ2n) is 7.22. The number of aryl methyl sites for hydroxylation is 1. The van der Waals surface area contributed by atoms with Crippen LogP contribution in [0.1, 0.15) is 31.7 Å². The lowest BCUT2D eigenvalue weighted by molar-refractivity contribution is -0.120. The highest BCUT2D eigenvalue weighted by Crippen LogP contribution is 2.18. The van der Waals surface area contributed by atoms with Crippen molar-refractivity contribution in [2.24, 2.45) is 5.92 Å². The van der Waals surface area contributed by atoms with Crippen LogP contribution in [-0.4, -0.2) is 22.0 Å². The standard InChI is InChI=1S/C22H26ClN3O/c1-16(2)12-14-26-20-10-6-5-9-19(20)25-21(26)11-13-24-22(27)15-17-7-3-4-8-18(17)23/h3-10,16H,11-15H2,1-2H3,(H,24,27). The number of hydrogen-bond donors (Lipinski definition) is 1. The van der Waals surface area contributed by atoms with Crippen LogP contribution in [0.2, 0.25) is 5.02 Å². The van der Waals surface area contributed by atoms with Gasteiger partial charge in [-0.2, -0.15) is 0 Å². The Balaban J connectivity index is 1.63. The van der Waals surface area contributed by atoms with Gasteiger partial charge in [0.2, 0.25) is 5.91 Å². The number of nitrogens with zero attached hydrogens (tertiary/aromatic N) is 2. The fourth-order valence-electron chi connectivity index (χ4n) is 3.14. The number of halogens is 1. The number of amides is 1. The van der Waals surface area contributed by atoms with Crippen molar-refractivity contribution in [2.45, 2.75) is 39.7 Å². The highest BCUT2D eigenvalue weighted by molar-refractivity contribution is 6.31. The summed E-state index contributed by atoms with van der Waals surface area (Å²) in [7, 11) is 0. The average Bonchev–Trinajstić information content (AvgIpc) is 2.99. The van der Waals surface area contributed by atoms with Gasteiger partial charge in [-0.25, -0.2) is 4.98 Å². The molecule has 0 bridgehead atoms. The molecular weight excluding hydrogens is 358 g/mol. The van der Waals surface area contributed by atoms with E-state index in [1.807, 2.05) is 36.4 Å². The molecule has 142 valence electrons. The summed E-state index contributed by atoms with van der Waals surface area (Å²) in [6.07, 6.45) is 2.11. The van der Waals surface area contributed by atoms with Crippen LogP contribution in [0.25, 0.3) is 11.0 Å². The topological polar surface area (TPSA) is 46.9 Å². The number of hydrogen-bond acceptors (Lipinski definition) is 2. The predicted molar refractivity (Wildman–Crippen MR) is 111 cm³/mol. The van der Waals surface area contributed by atoms with Gasteiger partial charge < -0.3 is 9.88 Å². The highest BCUT2D eigenvalue weighted by Gasteiger charge is 2.12. The Morgan fingerprint density at radius 2 is 1.89 bits per heavy atom. The molecule has 0 aliphatic heterocycles. The van der Waals surface area contributed by atoms with Crippen LogP contribution in [0.15, 0.2) is 48.5 Å². The Morgan fingerprint density at radius 1 is 1.15 bits per heavy atom. The molecule has 0 atom stereocenters. The van der Waals surface area contributed by atoms with Gasteiger partial charge in [0.15, 0.2) is 0 Å². The first kappa shape index (κ1) is 19.4. The SMILES string of the molecule is CC(C)CCn1c(CCNC(=O)Cc2ccccc2Cl)nc2ccccc21. The van der Waals surface area contributed by atoms with Crippen molar-refractivity contribution in [1.82, 2.24) is 14.9 Å². The number of imidazole rings is 1. The molecule has 27 heavy (non-hydrogen) atoms. The summed E-state index contributed by atoms with van der Waals surface area (Å²) in [6.45, 7) is 5.97. The summed E-state index contributed by atoms with van der Waals surface area (Å²) in [5.41, 5.74) is 3.02. The van der Waals surface area contributed by atoms with Gasteiger partial charge in [-0.15, -0.1) is 0 Å². The van der Waals surface area contributed by atoms with Gasteiger partial charge in [0, 0.05) is 24.5 Å². The Hall–Kier alpha value is -2.33. The van der Waals surface area contributed by atoms with E-state index in [1.54, 1.807) is 6.07 Å². The molecule has 0 aliphatic rings. The molecule has 0 saturated heterocycles. The molecule has 1 aromatic heterocycles. The zero-order valence-electron chi connectivity index (χ0n) is 15.9. The second-order valence-corrected chi connectivity index (χ2v) is 7.63. The van der Waals surface area contributed by atoms with E-state index in [2.05, 4.69) is 29.8 Å². The Kier molecular flexibility index (Phi) is 6.51. The third kappa shape index (κ3) is 5.10. The van der Waals surface area contributed by atoms with E-state index in [0.717, 1.165) is 35.4 Å². The lowest BCUT2D eigenvalue weighted by atomic mass is 10.1. The largest absolute Gasteiger partial charge is 0.355 e. The van der Waals surface area contributed by atoms with E-state index in [0.29, 0.717) is 30.3 Å². The van der Waals surface area contributed by atoms with Crippen LogP contribution >= 0.6 is 11.6 Å². The number of aromatic nitrogens is 2. The van der Waals surface area contributed by atoms with Gasteiger partial charge in [-0.05, 0) is 36.1 Å². The molecule has 0 unspecified atom stereocenters. The van der Waals surface area contributed by atoms with Gasteiger partial charge >= 0.3 is 0 Å². The Bertz CT molecular complexity index is 917. The lowest BCUT2D eigenvalue weighted by Crippen LogP contribution is -2.28. The molecule has 3 rings (SSSR count). The molecule has 0 radical (unpaired) electrons. The molecule has 5 heteroatoms. The number of para-hydroxylation sites is 2. The summed E-state index contributed by atoms with van der Waals surface area (Å²) >= 11 is 6.13. The maximum atomic E-state index is 12.2. The molecule has 3 aromatic rings. The number of nitrogens with one attached hydrogen (secondary N) is 1. The van der Waals surface area contributed by atoms with Crippen LogP contribution in [-0.2, 0) is 24.2 Å². The number of fused-ring (bicyclic) bond motifs is 1. The zero-order valence-corrected chi connectivity index (χ0v) is 16.7.